The summed E-state index contributed by atoms with van der Waals surface area (Å²) in [4.78, 5) is 12.7. The van der Waals surface area contributed by atoms with E-state index in [9.17, 15) is 4.79 Å². The first-order chi connectivity index (χ1) is 12.2. The Labute approximate surface area is 159 Å². The van der Waals surface area contributed by atoms with E-state index in [1.54, 1.807) is 12.1 Å². The van der Waals surface area contributed by atoms with Gasteiger partial charge in [0, 0.05) is 17.7 Å². The topological polar surface area (TPSA) is 73.6 Å². The number of nitrogen functional groups attached to an aromatic ring is 1. The van der Waals surface area contributed by atoms with Crippen LogP contribution in [-0.4, -0.2) is 19.1 Å². The van der Waals surface area contributed by atoms with Crippen molar-refractivity contribution in [3.05, 3.63) is 53.1 Å². The van der Waals surface area contributed by atoms with Gasteiger partial charge in [-0.3, -0.25) is 4.79 Å². The van der Waals surface area contributed by atoms with Gasteiger partial charge in [0.25, 0.3) is 5.91 Å². The monoisotopic (exact) mass is 374 g/mol. The molecule has 2 aromatic rings. The molecule has 1 atom stereocenters. The standard InChI is InChI=1S/C20H22N2O3.ClH/c21-15-6-7-16-13(11-15)3-1-4-17(16)22-20(23)14-5-8-18-19(12-14)25-10-2-9-24-18;/h5-8,11-12,17H,1-4,9-10,21H2,(H,22,23);1H. The van der Waals surface area contributed by atoms with Gasteiger partial charge in [-0.15, -0.1) is 12.4 Å². The maximum atomic E-state index is 12.7. The molecule has 1 aliphatic carbocycles. The van der Waals surface area contributed by atoms with Gasteiger partial charge in [0.2, 0.25) is 0 Å². The smallest absolute Gasteiger partial charge is 0.251 e. The molecule has 5 nitrogen and oxygen atoms in total. The van der Waals surface area contributed by atoms with E-state index in [-0.39, 0.29) is 24.4 Å². The summed E-state index contributed by atoms with van der Waals surface area (Å²) in [6.07, 6.45) is 3.84. The Kier molecular flexibility index (Phi) is 5.57. The van der Waals surface area contributed by atoms with Crippen LogP contribution < -0.4 is 20.5 Å². The van der Waals surface area contributed by atoms with Crippen LogP contribution in [0.1, 0.15) is 46.8 Å². The summed E-state index contributed by atoms with van der Waals surface area (Å²) in [6, 6.07) is 11.3. The maximum Gasteiger partial charge on any atom is 0.251 e. The molecule has 0 spiro atoms. The molecule has 1 unspecified atom stereocenters. The second-order valence-corrected chi connectivity index (χ2v) is 6.59. The number of carbonyl (C=O) groups excluding carboxylic acids is 1. The lowest BCUT2D eigenvalue weighted by molar-refractivity contribution is 0.0932. The predicted octanol–water partition coefficient (Wildman–Crippen LogP) is 3.66. The van der Waals surface area contributed by atoms with Crippen molar-refractivity contribution in [2.45, 2.75) is 31.7 Å². The van der Waals surface area contributed by atoms with Crippen molar-refractivity contribution >= 4 is 24.0 Å². The summed E-state index contributed by atoms with van der Waals surface area (Å²) >= 11 is 0. The van der Waals surface area contributed by atoms with Gasteiger partial charge < -0.3 is 20.5 Å². The van der Waals surface area contributed by atoms with Crippen LogP contribution in [-0.2, 0) is 6.42 Å². The highest BCUT2D eigenvalue weighted by atomic mass is 35.5. The zero-order valence-corrected chi connectivity index (χ0v) is 15.3. The lowest BCUT2D eigenvalue weighted by Crippen LogP contribution is -2.31. The molecule has 2 aromatic carbocycles. The number of hydrogen-bond donors (Lipinski definition) is 2. The van der Waals surface area contributed by atoms with Gasteiger partial charge >= 0.3 is 0 Å². The third kappa shape index (κ3) is 3.73. The molecule has 1 heterocycles. The van der Waals surface area contributed by atoms with Gasteiger partial charge in [-0.1, -0.05) is 6.07 Å². The molecular formula is C20H23ClN2O3. The highest BCUT2D eigenvalue weighted by molar-refractivity contribution is 5.95. The number of nitrogens with one attached hydrogen (secondary N) is 1. The van der Waals surface area contributed by atoms with E-state index in [0.29, 0.717) is 30.3 Å². The highest BCUT2D eigenvalue weighted by Crippen LogP contribution is 2.33. The number of amides is 1. The summed E-state index contributed by atoms with van der Waals surface area (Å²) in [7, 11) is 0. The number of nitrogens with two attached hydrogens (primary N) is 1. The molecule has 0 radical (unpaired) electrons. The summed E-state index contributed by atoms with van der Waals surface area (Å²) in [6.45, 7) is 1.25. The first kappa shape index (κ1) is 18.4. The molecule has 1 aliphatic heterocycles. The van der Waals surface area contributed by atoms with Crippen molar-refractivity contribution in [1.29, 1.82) is 0 Å². The van der Waals surface area contributed by atoms with Crippen LogP contribution in [0, 0.1) is 0 Å². The fourth-order valence-electron chi connectivity index (χ4n) is 3.53. The van der Waals surface area contributed by atoms with Crippen molar-refractivity contribution in [3.8, 4) is 11.5 Å². The summed E-state index contributed by atoms with van der Waals surface area (Å²) in [5.74, 6) is 1.25. The minimum atomic E-state index is -0.0923. The summed E-state index contributed by atoms with van der Waals surface area (Å²) < 4.78 is 11.3. The summed E-state index contributed by atoms with van der Waals surface area (Å²) in [5.41, 5.74) is 9.65. The van der Waals surface area contributed by atoms with Crippen molar-refractivity contribution in [2.75, 3.05) is 18.9 Å². The number of hydrogen-bond acceptors (Lipinski definition) is 4. The molecule has 0 saturated carbocycles. The molecule has 0 fully saturated rings. The van der Waals surface area contributed by atoms with Crippen LogP contribution in [0.15, 0.2) is 36.4 Å². The number of benzene rings is 2. The van der Waals surface area contributed by atoms with E-state index >= 15 is 0 Å². The van der Waals surface area contributed by atoms with Gasteiger partial charge in [-0.25, -0.2) is 0 Å². The van der Waals surface area contributed by atoms with Gasteiger partial charge in [-0.2, -0.15) is 0 Å². The Hall–Kier alpha value is -2.40. The average Bonchev–Trinajstić information content (AvgIpc) is 2.86. The minimum Gasteiger partial charge on any atom is -0.490 e. The maximum absolute atomic E-state index is 12.7. The number of rotatable bonds is 2. The molecule has 1 amide bonds. The molecule has 0 aromatic heterocycles. The highest BCUT2D eigenvalue weighted by Gasteiger charge is 2.23. The zero-order valence-electron chi connectivity index (χ0n) is 14.5. The van der Waals surface area contributed by atoms with E-state index in [2.05, 4.69) is 5.32 Å². The van der Waals surface area contributed by atoms with Gasteiger partial charge in [0.1, 0.15) is 0 Å². The van der Waals surface area contributed by atoms with Crippen molar-refractivity contribution in [3.63, 3.8) is 0 Å². The Morgan fingerprint density at radius 1 is 1.04 bits per heavy atom. The molecule has 138 valence electrons. The molecule has 4 rings (SSSR count). The number of anilines is 1. The first-order valence-electron chi connectivity index (χ1n) is 8.79. The van der Waals surface area contributed by atoms with Gasteiger partial charge in [0.05, 0.1) is 19.3 Å². The van der Waals surface area contributed by atoms with Crippen molar-refractivity contribution < 1.29 is 14.3 Å². The third-order valence-corrected chi connectivity index (χ3v) is 4.80. The first-order valence-corrected chi connectivity index (χ1v) is 8.79. The van der Waals surface area contributed by atoms with E-state index < -0.39 is 0 Å². The van der Waals surface area contributed by atoms with E-state index in [1.807, 2.05) is 24.3 Å². The largest absolute Gasteiger partial charge is 0.490 e. The molecule has 3 N–H and O–H groups in total. The third-order valence-electron chi connectivity index (χ3n) is 4.80. The van der Waals surface area contributed by atoms with Crippen LogP contribution in [0.25, 0.3) is 0 Å². The Morgan fingerprint density at radius 2 is 1.85 bits per heavy atom. The zero-order chi connectivity index (χ0) is 17.2. The molecular weight excluding hydrogens is 352 g/mol. The van der Waals surface area contributed by atoms with Crippen LogP contribution in [0.2, 0.25) is 0 Å². The van der Waals surface area contributed by atoms with E-state index in [4.69, 9.17) is 15.2 Å². The number of halogens is 1. The van der Waals surface area contributed by atoms with Crippen LogP contribution in [0.3, 0.4) is 0 Å². The number of ether oxygens (including phenoxy) is 2. The second kappa shape index (κ2) is 7.87. The fraction of sp³-hybridized carbons (Fsp3) is 0.350. The van der Waals surface area contributed by atoms with Crippen LogP contribution in [0.5, 0.6) is 11.5 Å². The van der Waals surface area contributed by atoms with Crippen LogP contribution in [0.4, 0.5) is 5.69 Å². The predicted molar refractivity (Wildman–Crippen MR) is 103 cm³/mol. The molecule has 0 bridgehead atoms. The number of fused-ring (bicyclic) bond motifs is 2. The Bertz CT molecular complexity index is 810. The van der Waals surface area contributed by atoms with Gasteiger partial charge in [-0.05, 0) is 60.7 Å². The number of carbonyl (C=O) groups is 1. The molecule has 26 heavy (non-hydrogen) atoms. The van der Waals surface area contributed by atoms with E-state index in [0.717, 1.165) is 31.4 Å². The SMILES string of the molecule is Cl.Nc1ccc2c(c1)CCCC2NC(=O)c1ccc2c(c1)OCCCO2. The quantitative estimate of drug-likeness (QED) is 0.787. The second-order valence-electron chi connectivity index (χ2n) is 6.59. The Balaban J connectivity index is 0.00000196. The lowest BCUT2D eigenvalue weighted by atomic mass is 9.87. The average molecular weight is 375 g/mol. The molecule has 0 saturated heterocycles. The van der Waals surface area contributed by atoms with Crippen LogP contribution >= 0.6 is 12.4 Å². The fourth-order valence-corrected chi connectivity index (χ4v) is 3.53. The molecule has 6 heteroatoms. The minimum absolute atomic E-state index is 0. The van der Waals surface area contributed by atoms with E-state index in [1.165, 1.54) is 11.1 Å². The normalized spacial score (nSPS) is 18.1. The van der Waals surface area contributed by atoms with Crippen molar-refractivity contribution in [2.24, 2.45) is 0 Å². The lowest BCUT2D eigenvalue weighted by Gasteiger charge is -2.26. The van der Waals surface area contributed by atoms with Crippen molar-refractivity contribution in [1.82, 2.24) is 5.32 Å². The Morgan fingerprint density at radius 3 is 2.69 bits per heavy atom. The molecule has 2 aliphatic rings. The summed E-state index contributed by atoms with van der Waals surface area (Å²) in [5, 5.41) is 3.16. The number of aryl methyl sites for hydroxylation is 1. The van der Waals surface area contributed by atoms with Gasteiger partial charge in [0.15, 0.2) is 11.5 Å².